The van der Waals surface area contributed by atoms with Crippen molar-refractivity contribution >= 4 is 15.7 Å². The van der Waals surface area contributed by atoms with E-state index < -0.39 is 15.8 Å². The lowest BCUT2D eigenvalue weighted by Crippen LogP contribution is -2.13. The second-order valence-corrected chi connectivity index (χ2v) is 7.44. The van der Waals surface area contributed by atoms with Gasteiger partial charge >= 0.3 is 0 Å². The van der Waals surface area contributed by atoms with Gasteiger partial charge in [-0.25, -0.2) is 12.8 Å². The highest BCUT2D eigenvalue weighted by Crippen LogP contribution is 2.23. The minimum atomic E-state index is -3.86. The van der Waals surface area contributed by atoms with Crippen LogP contribution in [0.25, 0.3) is 11.5 Å². The van der Waals surface area contributed by atoms with Crippen LogP contribution in [0.1, 0.15) is 25.6 Å². The van der Waals surface area contributed by atoms with Crippen LogP contribution in [0.3, 0.4) is 0 Å². The number of halogens is 1. The number of nitrogens with zero attached hydrogens (tertiary/aromatic N) is 2. The van der Waals surface area contributed by atoms with Crippen LogP contribution < -0.4 is 4.72 Å². The molecule has 0 unspecified atom stereocenters. The number of hydrogen-bond donors (Lipinski definition) is 1. The Morgan fingerprint density at radius 1 is 1.12 bits per heavy atom. The third-order valence-corrected chi connectivity index (χ3v) is 4.83. The Kier molecular flexibility index (Phi) is 4.54. The Morgan fingerprint density at radius 2 is 1.84 bits per heavy atom. The van der Waals surface area contributed by atoms with Crippen LogP contribution in [0.5, 0.6) is 0 Å². The van der Waals surface area contributed by atoms with Crippen molar-refractivity contribution in [2.45, 2.75) is 24.7 Å². The molecule has 1 aromatic heterocycles. The second kappa shape index (κ2) is 6.64. The zero-order valence-electron chi connectivity index (χ0n) is 13.6. The summed E-state index contributed by atoms with van der Waals surface area (Å²) in [5.74, 6) is 0.500. The normalized spacial score (nSPS) is 11.7. The monoisotopic (exact) mass is 361 g/mol. The fourth-order valence-corrected chi connectivity index (χ4v) is 3.21. The van der Waals surface area contributed by atoms with E-state index in [0.29, 0.717) is 23.0 Å². The average Bonchev–Trinajstić information content (AvgIpc) is 3.05. The van der Waals surface area contributed by atoms with E-state index in [-0.39, 0.29) is 10.8 Å². The van der Waals surface area contributed by atoms with E-state index in [2.05, 4.69) is 14.9 Å². The summed E-state index contributed by atoms with van der Waals surface area (Å²) in [4.78, 5) is 4.14. The number of rotatable bonds is 5. The molecule has 6 nitrogen and oxygen atoms in total. The Balaban J connectivity index is 1.80. The molecule has 0 aliphatic rings. The highest BCUT2D eigenvalue weighted by Gasteiger charge is 2.16. The largest absolute Gasteiger partial charge is 0.334 e. The van der Waals surface area contributed by atoms with Crippen LogP contribution in [0.15, 0.2) is 57.9 Å². The van der Waals surface area contributed by atoms with Crippen LogP contribution in [-0.4, -0.2) is 18.6 Å². The third kappa shape index (κ3) is 3.85. The molecule has 0 saturated heterocycles. The van der Waals surface area contributed by atoms with Gasteiger partial charge in [-0.15, -0.1) is 0 Å². The van der Waals surface area contributed by atoms with E-state index in [4.69, 9.17) is 4.52 Å². The van der Waals surface area contributed by atoms with Crippen molar-refractivity contribution in [3.63, 3.8) is 0 Å². The van der Waals surface area contributed by atoms with Crippen molar-refractivity contribution in [2.24, 2.45) is 0 Å². The number of aromatic nitrogens is 2. The maximum Gasteiger partial charge on any atom is 0.261 e. The summed E-state index contributed by atoms with van der Waals surface area (Å²) in [5.41, 5.74) is 1.02. The first kappa shape index (κ1) is 17.1. The van der Waals surface area contributed by atoms with Crippen molar-refractivity contribution in [2.75, 3.05) is 4.72 Å². The summed E-state index contributed by atoms with van der Waals surface area (Å²) >= 11 is 0. The number of anilines is 1. The third-order valence-electron chi connectivity index (χ3n) is 3.45. The van der Waals surface area contributed by atoms with E-state index in [0.717, 1.165) is 6.07 Å². The Morgan fingerprint density at radius 3 is 2.44 bits per heavy atom. The molecule has 0 atom stereocenters. The van der Waals surface area contributed by atoms with Gasteiger partial charge < -0.3 is 4.52 Å². The van der Waals surface area contributed by atoms with Crippen molar-refractivity contribution in [1.29, 1.82) is 0 Å². The highest BCUT2D eigenvalue weighted by molar-refractivity contribution is 7.92. The molecule has 0 spiro atoms. The van der Waals surface area contributed by atoms with Crippen molar-refractivity contribution in [3.05, 3.63) is 60.2 Å². The van der Waals surface area contributed by atoms with Crippen LogP contribution in [0.2, 0.25) is 0 Å². The van der Waals surface area contributed by atoms with Crippen LogP contribution in [0.4, 0.5) is 10.1 Å². The first-order valence-electron chi connectivity index (χ1n) is 7.57. The van der Waals surface area contributed by atoms with Crippen molar-refractivity contribution in [1.82, 2.24) is 10.1 Å². The number of benzene rings is 2. The second-order valence-electron chi connectivity index (χ2n) is 5.75. The zero-order chi connectivity index (χ0) is 18.0. The Hall–Kier alpha value is -2.74. The van der Waals surface area contributed by atoms with Gasteiger partial charge in [0.1, 0.15) is 5.82 Å². The quantitative estimate of drug-likeness (QED) is 0.747. The number of nitrogens with one attached hydrogen (secondary N) is 1. The molecule has 0 bridgehead atoms. The first-order chi connectivity index (χ1) is 11.8. The molecular weight excluding hydrogens is 345 g/mol. The molecule has 2 aromatic carbocycles. The minimum Gasteiger partial charge on any atom is -0.334 e. The molecule has 1 heterocycles. The van der Waals surface area contributed by atoms with Gasteiger partial charge in [-0.3, -0.25) is 4.72 Å². The summed E-state index contributed by atoms with van der Waals surface area (Å²) in [7, 11) is -3.86. The maximum absolute atomic E-state index is 13.2. The Bertz CT molecular complexity index is 982. The highest BCUT2D eigenvalue weighted by atomic mass is 32.2. The smallest absolute Gasteiger partial charge is 0.261 e. The number of hydrogen-bond acceptors (Lipinski definition) is 5. The minimum absolute atomic E-state index is 0.143. The lowest BCUT2D eigenvalue weighted by molar-refractivity contribution is 0.419. The van der Waals surface area contributed by atoms with Crippen LogP contribution >= 0.6 is 0 Å². The van der Waals surface area contributed by atoms with Crippen molar-refractivity contribution < 1.29 is 17.3 Å². The molecule has 0 aliphatic carbocycles. The fraction of sp³-hybridized carbons (Fsp3) is 0.176. The van der Waals surface area contributed by atoms with E-state index in [1.807, 2.05) is 13.8 Å². The molecule has 0 saturated carbocycles. The number of sulfonamides is 1. The molecule has 8 heteroatoms. The predicted molar refractivity (Wildman–Crippen MR) is 91.0 cm³/mol. The average molecular weight is 361 g/mol. The van der Waals surface area contributed by atoms with E-state index >= 15 is 0 Å². The summed E-state index contributed by atoms with van der Waals surface area (Å²) in [5, 5.41) is 3.89. The van der Waals surface area contributed by atoms with E-state index in [9.17, 15) is 12.8 Å². The molecule has 1 N–H and O–H groups in total. The summed E-state index contributed by atoms with van der Waals surface area (Å²) in [6, 6.07) is 11.3. The zero-order valence-corrected chi connectivity index (χ0v) is 14.4. The van der Waals surface area contributed by atoms with Gasteiger partial charge in [-0.1, -0.05) is 25.1 Å². The molecule has 130 valence electrons. The SMILES string of the molecule is CC(C)c1noc(-c2ccc(NS(=O)(=O)c3cccc(F)c3)cc2)n1. The van der Waals surface area contributed by atoms with Crippen LogP contribution in [0, 0.1) is 5.82 Å². The van der Waals surface area contributed by atoms with Crippen LogP contribution in [-0.2, 0) is 10.0 Å². The molecular formula is C17H16FN3O3S. The predicted octanol–water partition coefficient (Wildman–Crippen LogP) is 3.80. The molecule has 0 aliphatic heterocycles. The van der Waals surface area contributed by atoms with Gasteiger partial charge in [-0.2, -0.15) is 4.98 Å². The maximum atomic E-state index is 13.2. The lowest BCUT2D eigenvalue weighted by Gasteiger charge is -2.08. The molecule has 0 radical (unpaired) electrons. The van der Waals surface area contributed by atoms with Gasteiger partial charge in [0.25, 0.3) is 15.9 Å². The molecule has 0 amide bonds. The van der Waals surface area contributed by atoms with E-state index in [1.165, 1.54) is 18.2 Å². The summed E-state index contributed by atoms with van der Waals surface area (Å²) < 4.78 is 45.4. The molecule has 3 rings (SSSR count). The molecule has 3 aromatic rings. The first-order valence-corrected chi connectivity index (χ1v) is 9.06. The topological polar surface area (TPSA) is 85.1 Å². The molecule has 0 fully saturated rings. The standard InChI is InChI=1S/C17H16FN3O3S/c1-11(2)16-19-17(24-20-16)12-6-8-14(9-7-12)21-25(22,23)15-5-3-4-13(18)10-15/h3-11,21H,1-2H3. The summed E-state index contributed by atoms with van der Waals surface area (Å²) in [6.45, 7) is 3.91. The van der Waals surface area contributed by atoms with Gasteiger partial charge in [0, 0.05) is 17.2 Å². The Labute approximate surface area is 144 Å². The molecule has 25 heavy (non-hydrogen) atoms. The van der Waals surface area contributed by atoms with Gasteiger partial charge in [0.2, 0.25) is 0 Å². The summed E-state index contributed by atoms with van der Waals surface area (Å²) in [6.07, 6.45) is 0. The fourth-order valence-electron chi connectivity index (χ4n) is 2.12. The van der Waals surface area contributed by atoms with Gasteiger partial charge in [-0.05, 0) is 42.5 Å². The van der Waals surface area contributed by atoms with Gasteiger partial charge in [0.05, 0.1) is 4.90 Å². The van der Waals surface area contributed by atoms with E-state index in [1.54, 1.807) is 24.3 Å². The van der Waals surface area contributed by atoms with Gasteiger partial charge in [0.15, 0.2) is 5.82 Å². The lowest BCUT2D eigenvalue weighted by atomic mass is 10.2. The van der Waals surface area contributed by atoms with Crippen molar-refractivity contribution in [3.8, 4) is 11.5 Å².